The Balaban J connectivity index is 1.93. The van der Waals surface area contributed by atoms with Crippen molar-refractivity contribution in [3.63, 3.8) is 0 Å². The van der Waals surface area contributed by atoms with E-state index >= 15 is 0 Å². The van der Waals surface area contributed by atoms with Crippen molar-refractivity contribution in [2.75, 3.05) is 12.4 Å². The predicted octanol–water partition coefficient (Wildman–Crippen LogP) is 5.50. The number of nitro groups is 1. The SMILES string of the molecule is O=C(OCCSc1cc(Cl)ccc1Cl)c1cc([N+](=O)[O-])ccc1Cl. The van der Waals surface area contributed by atoms with Gasteiger partial charge in [-0.1, -0.05) is 34.8 Å². The Bertz CT molecular complexity index is 785. The van der Waals surface area contributed by atoms with E-state index < -0.39 is 10.9 Å². The summed E-state index contributed by atoms with van der Waals surface area (Å²) in [5.41, 5.74) is -0.275. The van der Waals surface area contributed by atoms with Crippen molar-refractivity contribution >= 4 is 58.2 Å². The number of carbonyl (C=O) groups is 1. The van der Waals surface area contributed by atoms with Crippen molar-refractivity contribution in [1.82, 2.24) is 0 Å². The van der Waals surface area contributed by atoms with Crippen LogP contribution in [0.25, 0.3) is 0 Å². The maximum atomic E-state index is 12.0. The standard InChI is InChI=1S/C15H10Cl3NO4S/c16-9-1-3-13(18)14(7-9)24-6-5-23-15(20)11-8-10(19(21)22)2-4-12(11)17/h1-4,7-8H,5-6H2. The summed E-state index contributed by atoms with van der Waals surface area (Å²) in [4.78, 5) is 22.9. The molecule has 0 spiro atoms. The lowest BCUT2D eigenvalue weighted by Gasteiger charge is -2.07. The van der Waals surface area contributed by atoms with Crippen LogP contribution in [-0.4, -0.2) is 23.3 Å². The third-order valence-electron chi connectivity index (χ3n) is 2.85. The van der Waals surface area contributed by atoms with Crippen LogP contribution >= 0.6 is 46.6 Å². The van der Waals surface area contributed by atoms with Crippen LogP contribution in [0, 0.1) is 10.1 Å². The molecule has 0 N–H and O–H groups in total. The zero-order valence-electron chi connectivity index (χ0n) is 12.0. The van der Waals surface area contributed by atoms with Crippen LogP contribution in [0.3, 0.4) is 0 Å². The van der Waals surface area contributed by atoms with Crippen molar-refractivity contribution in [3.05, 3.63) is 67.1 Å². The van der Waals surface area contributed by atoms with Crippen molar-refractivity contribution < 1.29 is 14.5 Å². The number of rotatable bonds is 6. The molecular weight excluding hydrogens is 397 g/mol. The largest absolute Gasteiger partial charge is 0.461 e. The second-order valence-corrected chi connectivity index (χ2v) is 6.87. The normalized spacial score (nSPS) is 10.5. The van der Waals surface area contributed by atoms with E-state index in [0.29, 0.717) is 15.8 Å². The highest BCUT2D eigenvalue weighted by Gasteiger charge is 2.17. The van der Waals surface area contributed by atoms with Crippen molar-refractivity contribution in [2.24, 2.45) is 0 Å². The van der Waals surface area contributed by atoms with E-state index in [1.807, 2.05) is 0 Å². The molecule has 0 saturated carbocycles. The molecule has 5 nitrogen and oxygen atoms in total. The molecule has 0 aliphatic rings. The number of hydrogen-bond donors (Lipinski definition) is 0. The first kappa shape index (κ1) is 18.9. The Morgan fingerprint density at radius 3 is 2.54 bits per heavy atom. The number of ether oxygens (including phenoxy) is 1. The van der Waals surface area contributed by atoms with E-state index in [2.05, 4.69) is 0 Å². The third-order valence-corrected chi connectivity index (χ3v) is 4.87. The average Bonchev–Trinajstić information content (AvgIpc) is 2.54. The maximum absolute atomic E-state index is 12.0. The Labute approximate surface area is 157 Å². The monoisotopic (exact) mass is 405 g/mol. The number of non-ortho nitro benzene ring substituents is 1. The van der Waals surface area contributed by atoms with Gasteiger partial charge in [-0.2, -0.15) is 0 Å². The van der Waals surface area contributed by atoms with Gasteiger partial charge in [0.05, 0.1) is 20.5 Å². The zero-order valence-corrected chi connectivity index (χ0v) is 15.1. The molecule has 0 aliphatic heterocycles. The van der Waals surface area contributed by atoms with E-state index in [1.165, 1.54) is 23.9 Å². The van der Waals surface area contributed by atoms with Gasteiger partial charge in [0.1, 0.15) is 6.61 Å². The zero-order chi connectivity index (χ0) is 17.7. The third kappa shape index (κ3) is 5.01. The number of nitro benzene ring substituents is 1. The minimum Gasteiger partial charge on any atom is -0.461 e. The molecule has 0 fully saturated rings. The molecule has 24 heavy (non-hydrogen) atoms. The topological polar surface area (TPSA) is 69.4 Å². The second kappa shape index (κ2) is 8.58. The molecule has 0 bridgehead atoms. The maximum Gasteiger partial charge on any atom is 0.339 e. The number of hydrogen-bond acceptors (Lipinski definition) is 5. The van der Waals surface area contributed by atoms with Gasteiger partial charge >= 0.3 is 5.97 Å². The van der Waals surface area contributed by atoms with Gasteiger partial charge in [0.2, 0.25) is 0 Å². The van der Waals surface area contributed by atoms with E-state index in [0.717, 1.165) is 11.0 Å². The molecule has 0 radical (unpaired) electrons. The number of carbonyl (C=O) groups excluding carboxylic acids is 1. The van der Waals surface area contributed by atoms with E-state index in [-0.39, 0.29) is 22.9 Å². The molecule has 2 aromatic rings. The summed E-state index contributed by atoms with van der Waals surface area (Å²) in [5, 5.41) is 12.0. The van der Waals surface area contributed by atoms with Crippen LogP contribution in [0.2, 0.25) is 15.1 Å². The summed E-state index contributed by atoms with van der Waals surface area (Å²) in [6.07, 6.45) is 0. The highest BCUT2D eigenvalue weighted by molar-refractivity contribution is 7.99. The second-order valence-electron chi connectivity index (χ2n) is 4.48. The molecule has 0 heterocycles. The molecular formula is C15H10Cl3NO4S. The van der Waals surface area contributed by atoms with Crippen LogP contribution in [0.5, 0.6) is 0 Å². The Morgan fingerprint density at radius 2 is 1.83 bits per heavy atom. The molecule has 0 unspecified atom stereocenters. The Hall–Kier alpha value is -1.47. The fraction of sp³-hybridized carbons (Fsp3) is 0.133. The molecule has 2 aromatic carbocycles. The van der Waals surface area contributed by atoms with Crippen LogP contribution in [-0.2, 0) is 4.74 Å². The van der Waals surface area contributed by atoms with Gasteiger partial charge in [-0.25, -0.2) is 4.79 Å². The molecule has 0 atom stereocenters. The van der Waals surface area contributed by atoms with E-state index in [9.17, 15) is 14.9 Å². The number of benzene rings is 2. The van der Waals surface area contributed by atoms with Crippen molar-refractivity contribution in [3.8, 4) is 0 Å². The lowest BCUT2D eigenvalue weighted by molar-refractivity contribution is -0.384. The minimum atomic E-state index is -0.721. The molecule has 126 valence electrons. The fourth-order valence-corrected chi connectivity index (χ4v) is 3.25. The summed E-state index contributed by atoms with van der Waals surface area (Å²) >= 11 is 19.2. The van der Waals surface area contributed by atoms with Crippen molar-refractivity contribution in [1.29, 1.82) is 0 Å². The van der Waals surface area contributed by atoms with Gasteiger partial charge in [0, 0.05) is 27.8 Å². The fourth-order valence-electron chi connectivity index (χ4n) is 1.73. The number of thioether (sulfide) groups is 1. The molecule has 0 aromatic heterocycles. The first-order valence-corrected chi connectivity index (χ1v) is 8.69. The summed E-state index contributed by atoms with van der Waals surface area (Å²) in [7, 11) is 0. The highest BCUT2D eigenvalue weighted by atomic mass is 35.5. The lowest BCUT2D eigenvalue weighted by atomic mass is 10.2. The average molecular weight is 407 g/mol. The van der Waals surface area contributed by atoms with Crippen LogP contribution in [0.1, 0.15) is 10.4 Å². The summed E-state index contributed by atoms with van der Waals surface area (Å²) < 4.78 is 5.09. The molecule has 2 rings (SSSR count). The van der Waals surface area contributed by atoms with Gasteiger partial charge in [-0.05, 0) is 24.3 Å². The van der Waals surface area contributed by atoms with Gasteiger partial charge < -0.3 is 4.74 Å². The smallest absolute Gasteiger partial charge is 0.339 e. The highest BCUT2D eigenvalue weighted by Crippen LogP contribution is 2.30. The van der Waals surface area contributed by atoms with Crippen molar-refractivity contribution in [2.45, 2.75) is 4.90 Å². The first-order valence-electron chi connectivity index (χ1n) is 6.57. The quantitative estimate of drug-likeness (QED) is 0.208. The van der Waals surface area contributed by atoms with E-state index in [1.54, 1.807) is 18.2 Å². The molecule has 0 saturated heterocycles. The van der Waals surface area contributed by atoms with Gasteiger partial charge in [-0.15, -0.1) is 11.8 Å². The van der Waals surface area contributed by atoms with E-state index in [4.69, 9.17) is 39.5 Å². The lowest BCUT2D eigenvalue weighted by Crippen LogP contribution is -2.09. The number of nitrogens with zero attached hydrogens (tertiary/aromatic N) is 1. The Kier molecular flexibility index (Phi) is 6.74. The number of esters is 1. The predicted molar refractivity (Wildman–Crippen MR) is 95.6 cm³/mol. The first-order chi connectivity index (χ1) is 11.4. The molecule has 0 aliphatic carbocycles. The summed E-state index contributed by atoms with van der Waals surface area (Å²) in [6, 6.07) is 8.67. The van der Waals surface area contributed by atoms with Crippen LogP contribution in [0.15, 0.2) is 41.3 Å². The van der Waals surface area contributed by atoms with Gasteiger partial charge in [0.25, 0.3) is 5.69 Å². The summed E-state index contributed by atoms with van der Waals surface area (Å²) in [5.74, 6) is -0.278. The Morgan fingerprint density at radius 1 is 1.12 bits per heavy atom. The molecule has 9 heteroatoms. The molecule has 0 amide bonds. The van der Waals surface area contributed by atoms with Crippen LogP contribution in [0.4, 0.5) is 5.69 Å². The van der Waals surface area contributed by atoms with Gasteiger partial charge in [-0.3, -0.25) is 10.1 Å². The number of halogens is 3. The minimum absolute atomic E-state index is 0.0448. The summed E-state index contributed by atoms with van der Waals surface area (Å²) in [6.45, 7) is 0.0887. The van der Waals surface area contributed by atoms with Crippen LogP contribution < -0.4 is 0 Å². The van der Waals surface area contributed by atoms with Gasteiger partial charge in [0.15, 0.2) is 0 Å².